The van der Waals surface area contributed by atoms with Crippen LogP contribution < -0.4 is 0 Å². The molecule has 0 N–H and O–H groups in total. The zero-order valence-corrected chi connectivity index (χ0v) is 15.1. The smallest absolute Gasteiger partial charge is 0.183 e. The highest BCUT2D eigenvalue weighted by Gasteiger charge is 2.50. The lowest BCUT2D eigenvalue weighted by Gasteiger charge is -2.16. The minimum absolute atomic E-state index is 0.0619. The third-order valence-electron chi connectivity index (χ3n) is 5.25. The van der Waals surface area contributed by atoms with E-state index in [1.807, 2.05) is 23.6 Å². The standard InChI is InChI=1S/C19H17NO3S2/c21-25(22)18-4-3-14(17-2-1-7-24-17)8-15(18)16-10-20(11-19(16)25)9-13-5-6-23-12-13/h1-8,12,16,19H,9-11H2/t16-,19-/m0/s1. The molecule has 0 saturated carbocycles. The van der Waals surface area contributed by atoms with Gasteiger partial charge in [-0.3, -0.25) is 4.90 Å². The molecule has 2 aliphatic heterocycles. The zero-order chi connectivity index (χ0) is 17.0. The maximum atomic E-state index is 13.0. The van der Waals surface area contributed by atoms with Gasteiger partial charge in [-0.2, -0.15) is 0 Å². The van der Waals surface area contributed by atoms with Crippen molar-refractivity contribution in [3.63, 3.8) is 0 Å². The second-order valence-electron chi connectivity index (χ2n) is 6.75. The Kier molecular flexibility index (Phi) is 3.42. The van der Waals surface area contributed by atoms with Crippen LogP contribution in [0.25, 0.3) is 10.4 Å². The van der Waals surface area contributed by atoms with Gasteiger partial charge >= 0.3 is 0 Å². The van der Waals surface area contributed by atoms with Crippen LogP contribution in [-0.2, 0) is 16.4 Å². The van der Waals surface area contributed by atoms with Gasteiger partial charge in [-0.05, 0) is 40.8 Å². The molecule has 6 heteroatoms. The summed E-state index contributed by atoms with van der Waals surface area (Å²) in [6, 6.07) is 11.9. The van der Waals surface area contributed by atoms with Crippen LogP contribution in [0, 0.1) is 0 Å². The van der Waals surface area contributed by atoms with Gasteiger partial charge < -0.3 is 4.42 Å². The molecule has 128 valence electrons. The number of furan rings is 1. The quantitative estimate of drug-likeness (QED) is 0.703. The topological polar surface area (TPSA) is 50.5 Å². The largest absolute Gasteiger partial charge is 0.472 e. The van der Waals surface area contributed by atoms with Crippen LogP contribution in [0.4, 0.5) is 0 Å². The third kappa shape index (κ3) is 2.39. The predicted octanol–water partition coefficient (Wildman–Crippen LogP) is 3.76. The lowest BCUT2D eigenvalue weighted by molar-refractivity contribution is 0.324. The summed E-state index contributed by atoms with van der Waals surface area (Å²) in [6.45, 7) is 2.09. The molecule has 25 heavy (non-hydrogen) atoms. The number of hydrogen-bond acceptors (Lipinski definition) is 5. The minimum Gasteiger partial charge on any atom is -0.472 e. The van der Waals surface area contributed by atoms with E-state index in [-0.39, 0.29) is 11.2 Å². The highest BCUT2D eigenvalue weighted by atomic mass is 32.2. The van der Waals surface area contributed by atoms with Crippen molar-refractivity contribution in [1.29, 1.82) is 0 Å². The molecule has 4 nitrogen and oxygen atoms in total. The molecule has 0 radical (unpaired) electrons. The average molecular weight is 371 g/mol. The first-order valence-electron chi connectivity index (χ1n) is 8.28. The molecule has 0 amide bonds. The summed E-state index contributed by atoms with van der Waals surface area (Å²) in [6.07, 6.45) is 3.39. The normalized spacial score (nSPS) is 24.3. The highest BCUT2D eigenvalue weighted by molar-refractivity contribution is 7.92. The van der Waals surface area contributed by atoms with Crippen molar-refractivity contribution in [2.45, 2.75) is 22.6 Å². The highest BCUT2D eigenvalue weighted by Crippen LogP contribution is 2.46. The molecule has 2 aromatic heterocycles. The Morgan fingerprint density at radius 1 is 1.20 bits per heavy atom. The van der Waals surface area contributed by atoms with Crippen LogP contribution in [0.2, 0.25) is 0 Å². The first kappa shape index (κ1) is 15.4. The predicted molar refractivity (Wildman–Crippen MR) is 97.5 cm³/mol. The fourth-order valence-electron chi connectivity index (χ4n) is 4.09. The molecule has 4 heterocycles. The van der Waals surface area contributed by atoms with E-state index in [1.165, 1.54) is 4.88 Å². The van der Waals surface area contributed by atoms with Crippen LogP contribution in [0.3, 0.4) is 0 Å². The molecule has 0 bridgehead atoms. The number of fused-ring (bicyclic) bond motifs is 3. The van der Waals surface area contributed by atoms with Gasteiger partial charge in [0.15, 0.2) is 9.84 Å². The van der Waals surface area contributed by atoms with E-state index in [0.717, 1.165) is 29.8 Å². The van der Waals surface area contributed by atoms with E-state index in [9.17, 15) is 8.42 Å². The molecule has 1 saturated heterocycles. The monoisotopic (exact) mass is 371 g/mol. The molecule has 0 unspecified atom stereocenters. The third-order valence-corrected chi connectivity index (χ3v) is 8.43. The van der Waals surface area contributed by atoms with Crippen molar-refractivity contribution in [3.8, 4) is 10.4 Å². The summed E-state index contributed by atoms with van der Waals surface area (Å²) in [5.41, 5.74) is 3.19. The Morgan fingerprint density at radius 2 is 2.12 bits per heavy atom. The van der Waals surface area contributed by atoms with Crippen molar-refractivity contribution >= 4 is 21.2 Å². The molecular weight excluding hydrogens is 354 g/mol. The molecular formula is C19H17NO3S2. The van der Waals surface area contributed by atoms with Crippen LogP contribution in [-0.4, -0.2) is 31.7 Å². The summed E-state index contributed by atoms with van der Waals surface area (Å²) in [5.74, 6) is 0.0619. The summed E-state index contributed by atoms with van der Waals surface area (Å²) in [5, 5.41) is 1.72. The van der Waals surface area contributed by atoms with Crippen LogP contribution in [0.15, 0.2) is 63.6 Å². The molecule has 0 aliphatic carbocycles. The van der Waals surface area contributed by atoms with Crippen LogP contribution in [0.5, 0.6) is 0 Å². The number of likely N-dealkylation sites (tertiary alicyclic amines) is 1. The number of thiophene rings is 1. The lowest BCUT2D eigenvalue weighted by Crippen LogP contribution is -2.25. The number of hydrogen-bond donors (Lipinski definition) is 0. The van der Waals surface area contributed by atoms with Crippen LogP contribution >= 0.6 is 11.3 Å². The molecule has 1 aromatic carbocycles. The molecule has 2 atom stereocenters. The second kappa shape index (κ2) is 5.56. The van der Waals surface area contributed by atoms with Crippen molar-refractivity contribution < 1.29 is 12.8 Å². The van der Waals surface area contributed by atoms with E-state index in [1.54, 1.807) is 29.9 Å². The zero-order valence-electron chi connectivity index (χ0n) is 13.5. The Bertz CT molecular complexity index is 1010. The maximum absolute atomic E-state index is 13.0. The first-order chi connectivity index (χ1) is 12.1. The number of rotatable bonds is 3. The molecule has 2 aliphatic rings. The van der Waals surface area contributed by atoms with Crippen molar-refractivity contribution in [2.24, 2.45) is 0 Å². The average Bonchev–Trinajstić information content (AvgIpc) is 3.37. The Hall–Kier alpha value is -1.89. The van der Waals surface area contributed by atoms with E-state index < -0.39 is 9.84 Å². The van der Waals surface area contributed by atoms with Gasteiger partial charge in [-0.1, -0.05) is 12.1 Å². The van der Waals surface area contributed by atoms with Gasteiger partial charge in [-0.25, -0.2) is 8.42 Å². The summed E-state index contributed by atoms with van der Waals surface area (Å²) >= 11 is 1.68. The number of benzene rings is 1. The van der Waals surface area contributed by atoms with E-state index in [2.05, 4.69) is 17.0 Å². The number of sulfone groups is 1. The second-order valence-corrected chi connectivity index (χ2v) is 9.83. The SMILES string of the molecule is O=S1(=O)c2ccc(-c3cccs3)cc2[C@@H]2CN(Cc3ccoc3)C[C@@H]21. The fraction of sp³-hybridized carbons (Fsp3) is 0.263. The van der Waals surface area contributed by atoms with Crippen LogP contribution in [0.1, 0.15) is 17.0 Å². The van der Waals surface area contributed by atoms with Gasteiger partial charge in [0.25, 0.3) is 0 Å². The first-order valence-corrected chi connectivity index (χ1v) is 10.7. The van der Waals surface area contributed by atoms with Gasteiger partial charge in [-0.15, -0.1) is 11.3 Å². The van der Waals surface area contributed by atoms with Gasteiger partial charge in [0.2, 0.25) is 0 Å². The fourth-order valence-corrected chi connectivity index (χ4v) is 7.01. The van der Waals surface area contributed by atoms with E-state index in [4.69, 9.17) is 4.42 Å². The Labute approximate surface area is 150 Å². The molecule has 3 aromatic rings. The van der Waals surface area contributed by atoms with Gasteiger partial charge in [0.1, 0.15) is 0 Å². The van der Waals surface area contributed by atoms with Gasteiger partial charge in [0, 0.05) is 36.0 Å². The summed E-state index contributed by atoms with van der Waals surface area (Å²) in [7, 11) is -3.24. The lowest BCUT2D eigenvalue weighted by atomic mass is 9.96. The minimum atomic E-state index is -3.24. The summed E-state index contributed by atoms with van der Waals surface area (Å²) in [4.78, 5) is 3.93. The van der Waals surface area contributed by atoms with E-state index in [0.29, 0.717) is 11.4 Å². The molecule has 0 spiro atoms. The number of nitrogens with zero attached hydrogens (tertiary/aromatic N) is 1. The van der Waals surface area contributed by atoms with Gasteiger partial charge in [0.05, 0.1) is 22.7 Å². The van der Waals surface area contributed by atoms with Crippen molar-refractivity contribution in [3.05, 3.63) is 65.4 Å². The van der Waals surface area contributed by atoms with Crippen molar-refractivity contribution in [2.75, 3.05) is 13.1 Å². The maximum Gasteiger partial charge on any atom is 0.183 e. The van der Waals surface area contributed by atoms with E-state index >= 15 is 0 Å². The molecule has 5 rings (SSSR count). The summed E-state index contributed by atoms with van der Waals surface area (Å²) < 4.78 is 31.1. The Balaban J connectivity index is 1.51. The van der Waals surface area contributed by atoms with Crippen molar-refractivity contribution in [1.82, 2.24) is 4.90 Å². The Morgan fingerprint density at radius 3 is 2.88 bits per heavy atom. The molecule has 1 fully saturated rings.